The van der Waals surface area contributed by atoms with Gasteiger partial charge in [0.25, 0.3) is 0 Å². The van der Waals surface area contributed by atoms with Crippen LogP contribution in [0.15, 0.2) is 24.3 Å². The summed E-state index contributed by atoms with van der Waals surface area (Å²) >= 11 is 11.7. The number of allylic oxidation sites excluding steroid dienone is 1. The highest BCUT2D eigenvalue weighted by atomic mass is 35.5. The molecule has 0 aliphatic heterocycles. The van der Waals surface area contributed by atoms with Gasteiger partial charge in [0.1, 0.15) is 0 Å². The molecule has 0 spiro atoms. The lowest BCUT2D eigenvalue weighted by atomic mass is 10.1. The molecule has 0 atom stereocenters. The summed E-state index contributed by atoms with van der Waals surface area (Å²) in [4.78, 5) is 0. The summed E-state index contributed by atoms with van der Waals surface area (Å²) in [6.45, 7) is 2.70. The predicted molar refractivity (Wildman–Crippen MR) is 63.8 cm³/mol. The normalized spacial score (nSPS) is 11.9. The molecule has 0 radical (unpaired) electrons. The zero-order chi connectivity index (χ0) is 10.6. The van der Waals surface area contributed by atoms with Gasteiger partial charge in [-0.1, -0.05) is 35.3 Å². The van der Waals surface area contributed by atoms with Gasteiger partial charge >= 0.3 is 0 Å². The minimum Gasteiger partial charge on any atom is -0.330 e. The smallest absolute Gasteiger partial charge is 0.0598 e. The highest BCUT2D eigenvalue weighted by Crippen LogP contribution is 2.25. The molecule has 0 heterocycles. The van der Waals surface area contributed by atoms with E-state index in [9.17, 15) is 0 Å². The molecule has 0 unspecified atom stereocenters. The molecule has 0 fully saturated rings. The maximum absolute atomic E-state index is 5.91. The van der Waals surface area contributed by atoms with E-state index in [-0.39, 0.29) is 0 Å². The van der Waals surface area contributed by atoms with Crippen LogP contribution in [-0.2, 0) is 0 Å². The first kappa shape index (κ1) is 11.6. The Balaban J connectivity index is 2.91. The molecule has 0 bridgehead atoms. The van der Waals surface area contributed by atoms with Crippen LogP contribution in [0.1, 0.15) is 18.9 Å². The van der Waals surface area contributed by atoms with Crippen molar-refractivity contribution in [3.05, 3.63) is 39.9 Å². The molecular formula is C11H13Cl2N. The van der Waals surface area contributed by atoms with E-state index in [1.807, 2.05) is 19.1 Å². The summed E-state index contributed by atoms with van der Waals surface area (Å²) in [7, 11) is 0. The fourth-order valence-electron chi connectivity index (χ4n) is 1.16. The molecule has 76 valence electrons. The summed E-state index contributed by atoms with van der Waals surface area (Å²) in [6.07, 6.45) is 2.98. The third-order valence-electron chi connectivity index (χ3n) is 1.99. The third-order valence-corrected chi connectivity index (χ3v) is 2.73. The van der Waals surface area contributed by atoms with E-state index >= 15 is 0 Å². The van der Waals surface area contributed by atoms with Crippen LogP contribution in [0.4, 0.5) is 0 Å². The van der Waals surface area contributed by atoms with E-state index in [1.54, 1.807) is 6.07 Å². The van der Waals surface area contributed by atoms with E-state index in [0.29, 0.717) is 16.6 Å². The van der Waals surface area contributed by atoms with Gasteiger partial charge in [0, 0.05) is 0 Å². The minimum absolute atomic E-state index is 0.585. The first-order chi connectivity index (χ1) is 6.65. The van der Waals surface area contributed by atoms with Crippen LogP contribution in [0.5, 0.6) is 0 Å². The number of benzene rings is 1. The number of hydrogen-bond acceptors (Lipinski definition) is 1. The van der Waals surface area contributed by atoms with E-state index in [2.05, 4.69) is 6.08 Å². The molecule has 0 saturated carbocycles. The van der Waals surface area contributed by atoms with Crippen molar-refractivity contribution < 1.29 is 0 Å². The molecule has 0 aliphatic carbocycles. The zero-order valence-electron chi connectivity index (χ0n) is 8.06. The molecular weight excluding hydrogens is 217 g/mol. The van der Waals surface area contributed by atoms with Gasteiger partial charge in [-0.2, -0.15) is 0 Å². The van der Waals surface area contributed by atoms with Crippen molar-refractivity contribution in [2.24, 2.45) is 5.73 Å². The first-order valence-electron chi connectivity index (χ1n) is 4.47. The molecule has 1 nitrogen and oxygen atoms in total. The summed E-state index contributed by atoms with van der Waals surface area (Å²) in [5.41, 5.74) is 7.68. The standard InChI is InChI=1S/C11H13Cl2N/c1-8(3-2-6-14)9-4-5-10(12)11(13)7-9/h3-5,7H,2,6,14H2,1H3. The minimum atomic E-state index is 0.585. The maximum Gasteiger partial charge on any atom is 0.0598 e. The van der Waals surface area contributed by atoms with Crippen LogP contribution in [0, 0.1) is 0 Å². The molecule has 0 aliphatic rings. The van der Waals surface area contributed by atoms with Crippen LogP contribution in [0.25, 0.3) is 5.57 Å². The Morgan fingerprint density at radius 3 is 2.64 bits per heavy atom. The highest BCUT2D eigenvalue weighted by Gasteiger charge is 2.00. The van der Waals surface area contributed by atoms with Gasteiger partial charge < -0.3 is 5.73 Å². The summed E-state index contributed by atoms with van der Waals surface area (Å²) in [6, 6.07) is 5.63. The summed E-state index contributed by atoms with van der Waals surface area (Å²) in [5, 5.41) is 1.17. The fraction of sp³-hybridized carbons (Fsp3) is 0.273. The lowest BCUT2D eigenvalue weighted by molar-refractivity contribution is 1.01. The number of halogens is 2. The van der Waals surface area contributed by atoms with Gasteiger partial charge in [0.2, 0.25) is 0 Å². The van der Waals surface area contributed by atoms with Crippen molar-refractivity contribution >= 4 is 28.8 Å². The second-order valence-corrected chi connectivity index (χ2v) is 3.91. The number of rotatable bonds is 3. The van der Waals surface area contributed by atoms with Crippen LogP contribution >= 0.6 is 23.2 Å². The molecule has 0 saturated heterocycles. The molecule has 1 aromatic carbocycles. The molecule has 1 aromatic rings. The van der Waals surface area contributed by atoms with Crippen LogP contribution in [-0.4, -0.2) is 6.54 Å². The van der Waals surface area contributed by atoms with Gasteiger partial charge in [-0.3, -0.25) is 0 Å². The Morgan fingerprint density at radius 2 is 2.07 bits per heavy atom. The number of hydrogen-bond donors (Lipinski definition) is 1. The monoisotopic (exact) mass is 229 g/mol. The molecule has 0 amide bonds. The summed E-state index contributed by atoms with van der Waals surface area (Å²) in [5.74, 6) is 0. The second kappa shape index (κ2) is 5.40. The Hall–Kier alpha value is -0.500. The van der Waals surface area contributed by atoms with Crippen molar-refractivity contribution in [1.82, 2.24) is 0 Å². The molecule has 14 heavy (non-hydrogen) atoms. The van der Waals surface area contributed by atoms with Gasteiger partial charge in [0.15, 0.2) is 0 Å². The Bertz CT molecular complexity index is 345. The average molecular weight is 230 g/mol. The lowest BCUT2D eigenvalue weighted by Crippen LogP contribution is -1.95. The molecule has 1 rings (SSSR count). The van der Waals surface area contributed by atoms with E-state index < -0.39 is 0 Å². The van der Waals surface area contributed by atoms with Crippen molar-refractivity contribution in [3.8, 4) is 0 Å². The molecule has 2 N–H and O–H groups in total. The van der Waals surface area contributed by atoms with Crippen molar-refractivity contribution in [2.75, 3.05) is 6.54 Å². The quantitative estimate of drug-likeness (QED) is 0.840. The Morgan fingerprint density at radius 1 is 1.36 bits per heavy atom. The van der Waals surface area contributed by atoms with Crippen LogP contribution < -0.4 is 5.73 Å². The predicted octanol–water partition coefficient (Wildman–Crippen LogP) is 3.75. The third kappa shape index (κ3) is 3.02. The summed E-state index contributed by atoms with van der Waals surface area (Å²) < 4.78 is 0. The van der Waals surface area contributed by atoms with E-state index in [0.717, 1.165) is 12.0 Å². The highest BCUT2D eigenvalue weighted by molar-refractivity contribution is 6.42. The van der Waals surface area contributed by atoms with Crippen LogP contribution in [0.3, 0.4) is 0 Å². The molecule has 0 aromatic heterocycles. The van der Waals surface area contributed by atoms with Crippen molar-refractivity contribution in [1.29, 1.82) is 0 Å². The average Bonchev–Trinajstić information content (AvgIpc) is 2.18. The second-order valence-electron chi connectivity index (χ2n) is 3.09. The Kier molecular flexibility index (Phi) is 4.46. The lowest BCUT2D eigenvalue weighted by Gasteiger charge is -2.03. The van der Waals surface area contributed by atoms with E-state index in [1.165, 1.54) is 5.57 Å². The number of nitrogens with two attached hydrogens (primary N) is 1. The van der Waals surface area contributed by atoms with Gasteiger partial charge in [-0.05, 0) is 43.2 Å². The SMILES string of the molecule is CC(=CCCN)c1ccc(Cl)c(Cl)c1. The topological polar surface area (TPSA) is 26.0 Å². The van der Waals surface area contributed by atoms with Crippen molar-refractivity contribution in [2.45, 2.75) is 13.3 Å². The van der Waals surface area contributed by atoms with Crippen LogP contribution in [0.2, 0.25) is 10.0 Å². The molecule has 3 heteroatoms. The fourth-order valence-corrected chi connectivity index (χ4v) is 1.46. The van der Waals surface area contributed by atoms with Gasteiger partial charge in [0.05, 0.1) is 10.0 Å². The van der Waals surface area contributed by atoms with Gasteiger partial charge in [-0.15, -0.1) is 0 Å². The largest absolute Gasteiger partial charge is 0.330 e. The maximum atomic E-state index is 5.91. The Labute approximate surface area is 94.5 Å². The van der Waals surface area contributed by atoms with Crippen molar-refractivity contribution in [3.63, 3.8) is 0 Å². The van der Waals surface area contributed by atoms with E-state index in [4.69, 9.17) is 28.9 Å². The first-order valence-corrected chi connectivity index (χ1v) is 5.23. The van der Waals surface area contributed by atoms with Gasteiger partial charge in [-0.25, -0.2) is 0 Å². The zero-order valence-corrected chi connectivity index (χ0v) is 9.57.